The van der Waals surface area contributed by atoms with Crippen LogP contribution in [-0.4, -0.2) is 28.4 Å². The van der Waals surface area contributed by atoms with Crippen LogP contribution in [0.3, 0.4) is 0 Å². The van der Waals surface area contributed by atoms with Gasteiger partial charge < -0.3 is 9.84 Å². The number of thioether (sulfide) groups is 1. The Labute approximate surface area is 184 Å². The first-order valence-corrected chi connectivity index (χ1v) is 11.4. The molecule has 1 aliphatic carbocycles. The summed E-state index contributed by atoms with van der Waals surface area (Å²) in [6.45, 7) is 1.98. The Morgan fingerprint density at radius 1 is 1.13 bits per heavy atom. The summed E-state index contributed by atoms with van der Waals surface area (Å²) in [7, 11) is 0. The molecule has 2 heterocycles. The van der Waals surface area contributed by atoms with Crippen molar-refractivity contribution in [2.45, 2.75) is 25.0 Å². The number of hydrogen-bond acceptors (Lipinski definition) is 5. The summed E-state index contributed by atoms with van der Waals surface area (Å²) < 4.78 is 6.06. The minimum atomic E-state index is -0.312. The first kappa shape index (κ1) is 19.7. The fourth-order valence-electron chi connectivity index (χ4n) is 4.34. The number of amides is 2. The van der Waals surface area contributed by atoms with Gasteiger partial charge in [0.15, 0.2) is 0 Å². The number of ether oxygens (including phenoxy) is 1. The number of anilines is 1. The van der Waals surface area contributed by atoms with Gasteiger partial charge in [0.2, 0.25) is 11.8 Å². The lowest BCUT2D eigenvalue weighted by Gasteiger charge is -2.27. The number of hydrogen-bond donors (Lipinski definition) is 1. The molecule has 1 atom stereocenters. The van der Waals surface area contributed by atoms with Gasteiger partial charge in [0.05, 0.1) is 10.9 Å². The van der Waals surface area contributed by atoms with Gasteiger partial charge in [-0.25, -0.2) is 4.90 Å². The summed E-state index contributed by atoms with van der Waals surface area (Å²) in [5.41, 5.74) is 5.43. The van der Waals surface area contributed by atoms with E-state index in [4.69, 9.17) is 4.74 Å². The minimum Gasteiger partial charge on any atom is -0.508 e. The van der Waals surface area contributed by atoms with Gasteiger partial charge in [0, 0.05) is 29.2 Å². The second-order valence-electron chi connectivity index (χ2n) is 7.77. The number of aromatic hydroxyl groups is 1. The molecule has 2 aliphatic heterocycles. The Balaban J connectivity index is 1.63. The Morgan fingerprint density at radius 2 is 1.94 bits per heavy atom. The molecule has 6 heteroatoms. The largest absolute Gasteiger partial charge is 0.508 e. The Morgan fingerprint density at radius 3 is 2.68 bits per heavy atom. The fourth-order valence-corrected chi connectivity index (χ4v) is 4.96. The third-order valence-corrected chi connectivity index (χ3v) is 6.78. The van der Waals surface area contributed by atoms with Crippen molar-refractivity contribution in [2.24, 2.45) is 0 Å². The van der Waals surface area contributed by atoms with Crippen LogP contribution in [0.1, 0.15) is 29.5 Å². The molecule has 1 saturated heterocycles. The molecule has 31 heavy (non-hydrogen) atoms. The van der Waals surface area contributed by atoms with Gasteiger partial charge in [-0.15, -0.1) is 0 Å². The monoisotopic (exact) mass is 431 g/mol. The first-order valence-electron chi connectivity index (χ1n) is 10.1. The van der Waals surface area contributed by atoms with Crippen molar-refractivity contribution in [3.05, 3.63) is 82.6 Å². The number of benzene rings is 2. The molecule has 0 saturated carbocycles. The average molecular weight is 432 g/mol. The third kappa shape index (κ3) is 3.18. The van der Waals surface area contributed by atoms with Gasteiger partial charge in [-0.1, -0.05) is 18.2 Å². The third-order valence-electron chi connectivity index (χ3n) is 5.84. The highest BCUT2D eigenvalue weighted by molar-refractivity contribution is 8.00. The van der Waals surface area contributed by atoms with E-state index in [9.17, 15) is 14.7 Å². The van der Waals surface area contributed by atoms with E-state index in [-0.39, 0.29) is 29.2 Å². The standard InChI is InChI=1S/C25H21NO4S/c1-14-11-15(26-23(28)13-22(31-2)25(26)29)7-9-17(14)24-18-5-3-4-6-20(18)30-21-12-16(27)8-10-19(21)24/h3,5-12,22,27H,4,13H2,1-2H3. The smallest absolute Gasteiger partial charge is 0.247 e. The SMILES string of the molecule is CSC1CC(=O)N(c2ccc(C3=C4C=CCC=C4Oc4cc(O)ccc43)c(C)c2)C1=O. The number of carbonyl (C=O) groups excluding carboxylic acids is 2. The summed E-state index contributed by atoms with van der Waals surface area (Å²) >= 11 is 1.41. The topological polar surface area (TPSA) is 66.8 Å². The molecule has 1 unspecified atom stereocenters. The number of allylic oxidation sites excluding steroid dienone is 3. The number of fused-ring (bicyclic) bond motifs is 2. The molecule has 3 aliphatic rings. The van der Waals surface area contributed by atoms with E-state index in [1.54, 1.807) is 12.1 Å². The van der Waals surface area contributed by atoms with Crippen LogP contribution in [0.5, 0.6) is 11.5 Å². The van der Waals surface area contributed by atoms with E-state index in [0.29, 0.717) is 11.4 Å². The molecule has 2 amide bonds. The number of aryl methyl sites for hydroxylation is 1. The molecule has 1 N–H and O–H groups in total. The van der Waals surface area contributed by atoms with Crippen LogP contribution in [0.25, 0.3) is 5.57 Å². The van der Waals surface area contributed by atoms with Gasteiger partial charge >= 0.3 is 0 Å². The normalized spacial score (nSPS) is 19.9. The number of phenolic OH excluding ortho intramolecular Hbond substituents is 1. The highest BCUT2D eigenvalue weighted by Crippen LogP contribution is 2.45. The zero-order valence-corrected chi connectivity index (χ0v) is 18.0. The van der Waals surface area contributed by atoms with Crippen LogP contribution in [0.2, 0.25) is 0 Å². The Hall–Kier alpha value is -3.25. The van der Waals surface area contributed by atoms with Crippen LogP contribution >= 0.6 is 11.8 Å². The van der Waals surface area contributed by atoms with Crippen LogP contribution in [0.15, 0.2) is 66.0 Å². The predicted molar refractivity (Wildman–Crippen MR) is 122 cm³/mol. The van der Waals surface area contributed by atoms with Crippen LogP contribution < -0.4 is 9.64 Å². The second kappa shape index (κ2) is 7.46. The van der Waals surface area contributed by atoms with Crippen LogP contribution in [0.4, 0.5) is 5.69 Å². The summed E-state index contributed by atoms with van der Waals surface area (Å²) in [6, 6.07) is 10.8. The molecule has 0 aromatic heterocycles. The molecule has 2 aromatic carbocycles. The summed E-state index contributed by atoms with van der Waals surface area (Å²) in [4.78, 5) is 26.4. The van der Waals surface area contributed by atoms with Crippen molar-refractivity contribution in [2.75, 3.05) is 11.2 Å². The van der Waals surface area contributed by atoms with Gasteiger partial charge in [-0.3, -0.25) is 9.59 Å². The number of nitrogens with zero attached hydrogens (tertiary/aromatic N) is 1. The van der Waals surface area contributed by atoms with Gasteiger partial charge in [0.1, 0.15) is 17.3 Å². The van der Waals surface area contributed by atoms with E-state index in [0.717, 1.165) is 40.0 Å². The Kier molecular flexibility index (Phi) is 4.74. The lowest BCUT2D eigenvalue weighted by atomic mass is 9.85. The Bertz CT molecular complexity index is 1220. The van der Waals surface area contributed by atoms with E-state index >= 15 is 0 Å². The summed E-state index contributed by atoms with van der Waals surface area (Å²) in [5.74, 6) is 1.21. The average Bonchev–Trinajstić information content (AvgIpc) is 3.05. The van der Waals surface area contributed by atoms with Crippen molar-refractivity contribution < 1.29 is 19.4 Å². The van der Waals surface area contributed by atoms with E-state index < -0.39 is 0 Å². The van der Waals surface area contributed by atoms with Gasteiger partial charge in [-0.2, -0.15) is 11.8 Å². The number of phenols is 1. The molecule has 5 rings (SSSR count). The zero-order chi connectivity index (χ0) is 21.7. The molecule has 0 radical (unpaired) electrons. The van der Waals surface area contributed by atoms with Crippen LogP contribution in [0, 0.1) is 6.92 Å². The molecular formula is C25H21NO4S. The number of rotatable bonds is 3. The minimum absolute atomic E-state index is 0.148. The lowest BCUT2D eigenvalue weighted by molar-refractivity contribution is -0.121. The van der Waals surface area contributed by atoms with Crippen LogP contribution in [-0.2, 0) is 9.59 Å². The second-order valence-corrected chi connectivity index (χ2v) is 8.81. The molecule has 0 bridgehead atoms. The first-order chi connectivity index (χ1) is 15.0. The number of carbonyl (C=O) groups is 2. The fraction of sp³-hybridized carbons (Fsp3) is 0.200. The molecule has 5 nitrogen and oxygen atoms in total. The predicted octanol–water partition coefficient (Wildman–Crippen LogP) is 4.73. The maximum atomic E-state index is 12.6. The molecular weight excluding hydrogens is 410 g/mol. The van der Waals surface area contributed by atoms with Crippen molar-refractivity contribution in [3.8, 4) is 11.5 Å². The quantitative estimate of drug-likeness (QED) is 0.712. The zero-order valence-electron chi connectivity index (χ0n) is 17.2. The van der Waals surface area contributed by atoms with Crippen molar-refractivity contribution in [1.82, 2.24) is 0 Å². The van der Waals surface area contributed by atoms with Crippen molar-refractivity contribution in [3.63, 3.8) is 0 Å². The van der Waals surface area contributed by atoms with E-state index in [1.165, 1.54) is 16.7 Å². The highest BCUT2D eigenvalue weighted by atomic mass is 32.2. The lowest BCUT2D eigenvalue weighted by Crippen LogP contribution is -2.31. The number of imide groups is 1. The van der Waals surface area contributed by atoms with Crippen molar-refractivity contribution >= 4 is 34.8 Å². The van der Waals surface area contributed by atoms with E-state index in [2.05, 4.69) is 12.2 Å². The maximum Gasteiger partial charge on any atom is 0.247 e. The molecule has 1 fully saturated rings. The maximum absolute atomic E-state index is 12.6. The van der Waals surface area contributed by atoms with Gasteiger partial charge in [-0.05, 0) is 61.1 Å². The molecule has 0 spiro atoms. The van der Waals surface area contributed by atoms with Gasteiger partial charge in [0.25, 0.3) is 0 Å². The molecule has 156 valence electrons. The summed E-state index contributed by atoms with van der Waals surface area (Å²) in [6.07, 6.45) is 9.05. The summed E-state index contributed by atoms with van der Waals surface area (Å²) in [5, 5.41) is 9.63. The van der Waals surface area contributed by atoms with Crippen molar-refractivity contribution in [1.29, 1.82) is 0 Å². The van der Waals surface area contributed by atoms with E-state index in [1.807, 2.05) is 43.5 Å². The molecule has 2 aromatic rings. The highest BCUT2D eigenvalue weighted by Gasteiger charge is 2.39.